The molecule has 4 rings (SSSR count). The van der Waals surface area contributed by atoms with Crippen molar-refractivity contribution in [3.05, 3.63) is 52.3 Å². The number of urea groups is 1. The lowest BCUT2D eigenvalue weighted by Crippen LogP contribution is -2.22. The van der Waals surface area contributed by atoms with Crippen molar-refractivity contribution >= 4 is 45.9 Å². The number of aryl methyl sites for hydroxylation is 1. The van der Waals surface area contributed by atoms with Crippen molar-refractivity contribution in [3.63, 3.8) is 0 Å². The third-order valence-corrected chi connectivity index (χ3v) is 6.33. The maximum absolute atomic E-state index is 13.0. The largest absolute Gasteiger partial charge is 0.476 e. The molecule has 3 aromatic rings. The number of amides is 2. The average Bonchev–Trinajstić information content (AvgIpc) is 3.55. The van der Waals surface area contributed by atoms with Crippen molar-refractivity contribution < 1.29 is 19.5 Å². The first-order valence-electron chi connectivity index (χ1n) is 10.6. The fourth-order valence-electron chi connectivity index (χ4n) is 3.77. The van der Waals surface area contributed by atoms with E-state index in [2.05, 4.69) is 30.9 Å². The molecule has 1 saturated carbocycles. The van der Waals surface area contributed by atoms with E-state index in [1.807, 2.05) is 19.1 Å². The smallest absolute Gasteiger partial charge is 0.356 e. The van der Waals surface area contributed by atoms with E-state index in [1.165, 1.54) is 17.5 Å². The molecule has 0 spiro atoms. The molecule has 0 radical (unpaired) electrons. The predicted molar refractivity (Wildman–Crippen MR) is 125 cm³/mol. The van der Waals surface area contributed by atoms with Gasteiger partial charge in [-0.1, -0.05) is 35.8 Å². The number of hydrogen-bond acceptors (Lipinski definition) is 7. The highest BCUT2D eigenvalue weighted by molar-refractivity contribution is 7.15. The number of aromatic amines is 1. The fourth-order valence-corrected chi connectivity index (χ4v) is 4.52. The number of aromatic nitrogens is 3. The molecule has 1 aliphatic rings. The van der Waals surface area contributed by atoms with E-state index in [9.17, 15) is 14.4 Å². The Labute approximate surface area is 193 Å². The normalized spacial score (nSPS) is 13.6. The SMILES string of the molecule is Cc1ccc(NC(=O)Nc2ncc(CNc3nc(C(=O)O)c[nH]3)s2)c(C(=O)C2CCCC2)c1. The molecular weight excluding hydrogens is 444 g/mol. The highest BCUT2D eigenvalue weighted by Gasteiger charge is 2.26. The summed E-state index contributed by atoms with van der Waals surface area (Å²) >= 11 is 1.27. The van der Waals surface area contributed by atoms with Crippen molar-refractivity contribution in [1.82, 2.24) is 15.0 Å². The number of carbonyl (C=O) groups excluding carboxylic acids is 2. The van der Waals surface area contributed by atoms with Gasteiger partial charge in [0.25, 0.3) is 0 Å². The van der Waals surface area contributed by atoms with Crippen LogP contribution < -0.4 is 16.0 Å². The maximum Gasteiger partial charge on any atom is 0.356 e. The Morgan fingerprint density at radius 1 is 1.21 bits per heavy atom. The van der Waals surface area contributed by atoms with Gasteiger partial charge in [-0.05, 0) is 31.9 Å². The number of H-pyrrole nitrogens is 1. The average molecular weight is 469 g/mol. The third-order valence-electron chi connectivity index (χ3n) is 5.42. The van der Waals surface area contributed by atoms with Crippen molar-refractivity contribution in [2.45, 2.75) is 39.2 Å². The molecule has 0 unspecified atom stereocenters. The molecule has 2 amide bonds. The standard InChI is InChI=1S/C22H24N6O4S/c1-12-6-7-16(15(8-12)18(29)13-4-2-3-5-13)27-21(32)28-22-25-10-14(33-22)9-23-20-24-11-17(26-20)19(30)31/h6-8,10-11,13H,2-5,9H2,1H3,(H,30,31)(H2,23,24,26)(H2,25,27,28,32). The molecule has 0 saturated heterocycles. The Balaban J connectivity index is 1.36. The molecule has 1 fully saturated rings. The zero-order chi connectivity index (χ0) is 23.4. The van der Waals surface area contributed by atoms with Gasteiger partial charge in [-0.2, -0.15) is 0 Å². The van der Waals surface area contributed by atoms with E-state index in [1.54, 1.807) is 12.3 Å². The van der Waals surface area contributed by atoms with E-state index >= 15 is 0 Å². The molecule has 2 heterocycles. The van der Waals surface area contributed by atoms with Gasteiger partial charge >= 0.3 is 12.0 Å². The lowest BCUT2D eigenvalue weighted by atomic mass is 9.94. The number of imidazole rings is 1. The number of anilines is 3. The van der Waals surface area contributed by atoms with Gasteiger partial charge in [0.1, 0.15) is 0 Å². The monoisotopic (exact) mass is 468 g/mol. The zero-order valence-corrected chi connectivity index (χ0v) is 18.8. The second-order valence-electron chi connectivity index (χ2n) is 7.90. The molecule has 33 heavy (non-hydrogen) atoms. The fraction of sp³-hybridized carbons (Fsp3) is 0.318. The van der Waals surface area contributed by atoms with E-state index in [4.69, 9.17) is 5.11 Å². The summed E-state index contributed by atoms with van der Waals surface area (Å²) in [7, 11) is 0. The van der Waals surface area contributed by atoms with Crippen LogP contribution in [0.3, 0.4) is 0 Å². The second kappa shape index (κ2) is 9.82. The number of benzene rings is 1. The van der Waals surface area contributed by atoms with E-state index in [-0.39, 0.29) is 17.4 Å². The van der Waals surface area contributed by atoms with Crippen LogP contribution in [0.25, 0.3) is 0 Å². The Kier molecular flexibility index (Phi) is 6.68. The Morgan fingerprint density at radius 3 is 2.73 bits per heavy atom. The zero-order valence-electron chi connectivity index (χ0n) is 18.0. The van der Waals surface area contributed by atoms with Crippen LogP contribution in [0.2, 0.25) is 0 Å². The summed E-state index contributed by atoms with van der Waals surface area (Å²) in [5, 5.41) is 17.7. The van der Waals surface area contributed by atoms with Crippen molar-refractivity contribution in [2.75, 3.05) is 16.0 Å². The lowest BCUT2D eigenvalue weighted by molar-refractivity contribution is 0.0691. The van der Waals surface area contributed by atoms with Gasteiger partial charge < -0.3 is 20.7 Å². The Bertz CT molecular complexity index is 1180. The van der Waals surface area contributed by atoms with E-state index in [0.29, 0.717) is 28.9 Å². The maximum atomic E-state index is 13.0. The molecule has 1 aliphatic carbocycles. The van der Waals surface area contributed by atoms with Gasteiger partial charge in [0.15, 0.2) is 16.6 Å². The highest BCUT2D eigenvalue weighted by Crippen LogP contribution is 2.31. The summed E-state index contributed by atoms with van der Waals surface area (Å²) in [5.74, 6) is -0.689. The second-order valence-corrected chi connectivity index (χ2v) is 9.01. The summed E-state index contributed by atoms with van der Waals surface area (Å²) in [6, 6.07) is 4.96. The van der Waals surface area contributed by atoms with Crippen molar-refractivity contribution in [3.8, 4) is 0 Å². The van der Waals surface area contributed by atoms with Crippen molar-refractivity contribution in [2.24, 2.45) is 5.92 Å². The van der Waals surface area contributed by atoms with Gasteiger partial charge in [-0.3, -0.25) is 10.1 Å². The molecule has 5 N–H and O–H groups in total. The quantitative estimate of drug-likeness (QED) is 0.305. The van der Waals surface area contributed by atoms with Gasteiger partial charge in [-0.25, -0.2) is 19.6 Å². The van der Waals surface area contributed by atoms with Gasteiger partial charge in [0.05, 0.1) is 12.2 Å². The summed E-state index contributed by atoms with van der Waals surface area (Å²) in [4.78, 5) is 48.0. The molecule has 0 atom stereocenters. The summed E-state index contributed by atoms with van der Waals surface area (Å²) in [6.07, 6.45) is 6.81. The summed E-state index contributed by atoms with van der Waals surface area (Å²) in [5.41, 5.74) is 1.91. The third kappa shape index (κ3) is 5.55. The number of ketones is 1. The van der Waals surface area contributed by atoms with Crippen LogP contribution in [0.4, 0.5) is 21.6 Å². The number of aromatic carboxylic acids is 1. The van der Waals surface area contributed by atoms with E-state index in [0.717, 1.165) is 36.1 Å². The van der Waals surface area contributed by atoms with Crippen LogP contribution in [0.15, 0.2) is 30.6 Å². The predicted octanol–water partition coefficient (Wildman–Crippen LogP) is 4.50. The number of Topliss-reactive ketones (excluding diaryl/α,β-unsaturated/α-hetero) is 1. The molecule has 10 nitrogen and oxygen atoms in total. The van der Waals surface area contributed by atoms with Gasteiger partial charge in [0.2, 0.25) is 5.95 Å². The number of nitrogens with one attached hydrogen (secondary N) is 4. The van der Waals surface area contributed by atoms with Gasteiger partial charge in [0, 0.05) is 28.8 Å². The number of nitrogens with zero attached hydrogens (tertiary/aromatic N) is 2. The van der Waals surface area contributed by atoms with Crippen LogP contribution >= 0.6 is 11.3 Å². The molecular formula is C22H24N6O4S. The lowest BCUT2D eigenvalue weighted by Gasteiger charge is -2.14. The van der Waals surface area contributed by atoms with Crippen molar-refractivity contribution in [1.29, 1.82) is 0 Å². The number of thiazole rings is 1. The molecule has 1 aromatic carbocycles. The molecule has 11 heteroatoms. The summed E-state index contributed by atoms with van der Waals surface area (Å²) in [6.45, 7) is 2.27. The minimum Gasteiger partial charge on any atom is -0.476 e. The first-order valence-corrected chi connectivity index (χ1v) is 11.4. The first-order chi connectivity index (χ1) is 15.9. The van der Waals surface area contributed by atoms with E-state index < -0.39 is 12.0 Å². The summed E-state index contributed by atoms with van der Waals surface area (Å²) < 4.78 is 0. The molecule has 172 valence electrons. The molecule has 0 aliphatic heterocycles. The van der Waals surface area contributed by atoms with Crippen LogP contribution in [0.1, 0.15) is 57.0 Å². The number of carboxylic acids is 1. The van der Waals surface area contributed by atoms with Crippen LogP contribution in [-0.4, -0.2) is 37.8 Å². The molecule has 0 bridgehead atoms. The number of carbonyl (C=O) groups is 3. The molecule has 2 aromatic heterocycles. The number of carboxylic acid groups (broad SMARTS) is 1. The van der Waals surface area contributed by atoms with Crippen LogP contribution in [0, 0.1) is 12.8 Å². The Hall–Kier alpha value is -3.73. The first kappa shape index (κ1) is 22.5. The highest BCUT2D eigenvalue weighted by atomic mass is 32.1. The number of hydrogen-bond donors (Lipinski definition) is 5. The Morgan fingerprint density at radius 2 is 2.00 bits per heavy atom. The van der Waals surface area contributed by atoms with Crippen LogP contribution in [-0.2, 0) is 6.54 Å². The minimum absolute atomic E-state index is 0.0187. The van der Waals surface area contributed by atoms with Gasteiger partial charge in [-0.15, -0.1) is 0 Å². The van der Waals surface area contributed by atoms with Crippen LogP contribution in [0.5, 0.6) is 0 Å². The minimum atomic E-state index is -1.11. The number of rotatable bonds is 8. The topological polar surface area (TPSA) is 149 Å².